The largest absolute Gasteiger partial charge is 0.369 e. The van der Waals surface area contributed by atoms with Gasteiger partial charge in [0.15, 0.2) is 11.6 Å². The van der Waals surface area contributed by atoms with Crippen LogP contribution in [0, 0.1) is 11.7 Å². The number of nitrogens with one attached hydrogen (secondary N) is 2. The molecule has 2 aromatic rings. The van der Waals surface area contributed by atoms with Crippen molar-refractivity contribution in [2.24, 2.45) is 5.92 Å². The van der Waals surface area contributed by atoms with E-state index in [1.54, 1.807) is 18.3 Å². The fourth-order valence-corrected chi connectivity index (χ4v) is 4.28. The first-order chi connectivity index (χ1) is 16.0. The van der Waals surface area contributed by atoms with Gasteiger partial charge in [-0.25, -0.2) is 9.37 Å². The van der Waals surface area contributed by atoms with Crippen molar-refractivity contribution in [3.63, 3.8) is 0 Å². The van der Waals surface area contributed by atoms with Gasteiger partial charge in [-0.15, -0.1) is 6.58 Å². The van der Waals surface area contributed by atoms with Crippen molar-refractivity contribution >= 4 is 17.4 Å². The lowest BCUT2D eigenvalue weighted by Crippen LogP contribution is -2.28. The van der Waals surface area contributed by atoms with Gasteiger partial charge in [0.25, 0.3) is 0 Å². The standard InChI is InChI=1S/C27H37FN4O/c1-4-6-16-31-27(33)20(3)23-11-9-21(10-12-23)7-8-22-14-18-32(19-22)24-13-17-30-26(25(24)28)29-15-5-2/h4,9-13,17,20,22H,1,5-8,14-16,18-19H2,2-3H3,(H,29,30)(H,31,33)/t20?,22-/m1/s1. The number of carbonyl (C=O) groups excluding carboxylic acids is 1. The first-order valence-corrected chi connectivity index (χ1v) is 12.1. The number of nitrogens with zero attached hydrogens (tertiary/aromatic N) is 2. The van der Waals surface area contributed by atoms with Crippen LogP contribution in [0.1, 0.15) is 56.6 Å². The molecule has 6 heteroatoms. The first kappa shape index (κ1) is 24.7. The number of aromatic nitrogens is 1. The van der Waals surface area contributed by atoms with Gasteiger partial charge in [-0.05, 0) is 62.1 Å². The molecular formula is C27H37FN4O. The summed E-state index contributed by atoms with van der Waals surface area (Å²) >= 11 is 0. The lowest BCUT2D eigenvalue weighted by atomic mass is 9.95. The summed E-state index contributed by atoms with van der Waals surface area (Å²) in [7, 11) is 0. The monoisotopic (exact) mass is 452 g/mol. The molecule has 178 valence electrons. The Bertz CT molecular complexity index is 915. The Kier molecular flexibility index (Phi) is 9.28. The molecule has 3 rings (SSSR count). The second kappa shape index (κ2) is 12.4. The van der Waals surface area contributed by atoms with Crippen molar-refractivity contribution in [3.05, 3.63) is 66.1 Å². The maximum absolute atomic E-state index is 14.9. The van der Waals surface area contributed by atoms with Gasteiger partial charge in [-0.2, -0.15) is 0 Å². The van der Waals surface area contributed by atoms with Gasteiger partial charge < -0.3 is 15.5 Å². The van der Waals surface area contributed by atoms with Crippen molar-refractivity contribution in [2.75, 3.05) is 36.4 Å². The van der Waals surface area contributed by atoms with Gasteiger partial charge in [0, 0.05) is 32.4 Å². The Balaban J connectivity index is 1.49. The third kappa shape index (κ3) is 6.80. The number of amides is 1. The average molecular weight is 453 g/mol. The van der Waals surface area contributed by atoms with Gasteiger partial charge in [0.05, 0.1) is 11.6 Å². The molecule has 0 saturated carbocycles. The summed E-state index contributed by atoms with van der Waals surface area (Å²) in [5.74, 6) is 0.525. The molecule has 2 N–H and O–H groups in total. The van der Waals surface area contributed by atoms with Crippen molar-refractivity contribution in [1.29, 1.82) is 0 Å². The van der Waals surface area contributed by atoms with Crippen LogP contribution in [0.15, 0.2) is 49.2 Å². The van der Waals surface area contributed by atoms with Crippen LogP contribution >= 0.6 is 0 Å². The lowest BCUT2D eigenvalue weighted by Gasteiger charge is -2.20. The molecule has 1 aromatic heterocycles. The van der Waals surface area contributed by atoms with Gasteiger partial charge in [0.2, 0.25) is 5.91 Å². The fraction of sp³-hybridized carbons (Fsp3) is 0.481. The van der Waals surface area contributed by atoms with E-state index in [-0.39, 0.29) is 17.6 Å². The topological polar surface area (TPSA) is 57.3 Å². The number of halogens is 1. The molecule has 1 aliphatic heterocycles. The normalized spacial score (nSPS) is 16.5. The molecule has 1 aliphatic rings. The SMILES string of the molecule is C=CCCNC(=O)C(C)c1ccc(CC[C@@H]2CCN(c3ccnc(NCCC)c3F)C2)cc1. The van der Waals surface area contributed by atoms with Crippen LogP contribution in [0.3, 0.4) is 0 Å². The average Bonchev–Trinajstić information content (AvgIpc) is 3.31. The zero-order valence-corrected chi connectivity index (χ0v) is 19.9. The summed E-state index contributed by atoms with van der Waals surface area (Å²) in [5, 5.41) is 6.02. The molecule has 0 aliphatic carbocycles. The maximum atomic E-state index is 14.9. The highest BCUT2D eigenvalue weighted by Gasteiger charge is 2.25. The molecule has 0 bridgehead atoms. The molecule has 1 fully saturated rings. The molecule has 1 aromatic carbocycles. The minimum atomic E-state index is -0.246. The Morgan fingerprint density at radius 3 is 2.82 bits per heavy atom. The number of anilines is 2. The maximum Gasteiger partial charge on any atom is 0.227 e. The van der Waals surface area contributed by atoms with Crippen LogP contribution in [0.4, 0.5) is 15.9 Å². The van der Waals surface area contributed by atoms with E-state index in [0.717, 1.165) is 50.8 Å². The Morgan fingerprint density at radius 1 is 1.30 bits per heavy atom. The van der Waals surface area contributed by atoms with Crippen LogP contribution < -0.4 is 15.5 Å². The predicted molar refractivity (Wildman–Crippen MR) is 134 cm³/mol. The van der Waals surface area contributed by atoms with E-state index in [0.29, 0.717) is 30.5 Å². The summed E-state index contributed by atoms with van der Waals surface area (Å²) in [6.07, 6.45) is 8.33. The van der Waals surface area contributed by atoms with Gasteiger partial charge >= 0.3 is 0 Å². The number of benzene rings is 1. The Hall–Kier alpha value is -2.89. The molecule has 1 amide bonds. The quantitative estimate of drug-likeness (QED) is 0.339. The highest BCUT2D eigenvalue weighted by atomic mass is 19.1. The summed E-state index contributed by atoms with van der Waals surface area (Å²) in [6, 6.07) is 10.2. The molecule has 2 atom stereocenters. The van der Waals surface area contributed by atoms with Crippen LogP contribution in [-0.2, 0) is 11.2 Å². The lowest BCUT2D eigenvalue weighted by molar-refractivity contribution is -0.122. The second-order valence-corrected chi connectivity index (χ2v) is 8.89. The number of rotatable bonds is 12. The van der Waals surface area contributed by atoms with Crippen LogP contribution in [0.2, 0.25) is 0 Å². The van der Waals surface area contributed by atoms with Crippen LogP contribution in [-0.4, -0.2) is 37.1 Å². The van der Waals surface area contributed by atoms with E-state index in [1.807, 2.05) is 6.92 Å². The van der Waals surface area contributed by atoms with Crippen molar-refractivity contribution in [3.8, 4) is 0 Å². The Labute approximate surface area is 197 Å². The molecule has 2 heterocycles. The summed E-state index contributed by atoms with van der Waals surface area (Å²) < 4.78 is 14.9. The zero-order valence-electron chi connectivity index (χ0n) is 19.9. The molecule has 33 heavy (non-hydrogen) atoms. The van der Waals surface area contributed by atoms with Crippen LogP contribution in [0.25, 0.3) is 0 Å². The molecular weight excluding hydrogens is 415 g/mol. The van der Waals surface area contributed by atoms with E-state index in [9.17, 15) is 9.18 Å². The molecule has 5 nitrogen and oxygen atoms in total. The third-order valence-corrected chi connectivity index (χ3v) is 6.40. The third-order valence-electron chi connectivity index (χ3n) is 6.40. The minimum absolute atomic E-state index is 0.0482. The molecule has 0 spiro atoms. The first-order valence-electron chi connectivity index (χ1n) is 12.1. The zero-order chi connectivity index (χ0) is 23.6. The smallest absolute Gasteiger partial charge is 0.227 e. The van der Waals surface area contributed by atoms with Crippen molar-refractivity contribution < 1.29 is 9.18 Å². The number of pyridine rings is 1. The van der Waals surface area contributed by atoms with Gasteiger partial charge in [-0.1, -0.05) is 37.3 Å². The van der Waals surface area contributed by atoms with E-state index < -0.39 is 0 Å². The van der Waals surface area contributed by atoms with Crippen molar-refractivity contribution in [1.82, 2.24) is 10.3 Å². The van der Waals surface area contributed by atoms with E-state index in [4.69, 9.17) is 0 Å². The fourth-order valence-electron chi connectivity index (χ4n) is 4.28. The summed E-state index contributed by atoms with van der Waals surface area (Å²) in [6.45, 7) is 10.8. The van der Waals surface area contributed by atoms with Gasteiger partial charge in [-0.3, -0.25) is 4.79 Å². The molecule has 1 saturated heterocycles. The summed E-state index contributed by atoms with van der Waals surface area (Å²) in [4.78, 5) is 18.6. The summed E-state index contributed by atoms with van der Waals surface area (Å²) in [5.41, 5.74) is 2.95. The second-order valence-electron chi connectivity index (χ2n) is 8.89. The van der Waals surface area contributed by atoms with Crippen LogP contribution in [0.5, 0.6) is 0 Å². The van der Waals surface area contributed by atoms with E-state index in [1.165, 1.54) is 5.56 Å². The number of hydrogen-bond donors (Lipinski definition) is 2. The highest BCUT2D eigenvalue weighted by Crippen LogP contribution is 2.30. The number of aryl methyl sites for hydroxylation is 1. The predicted octanol–water partition coefficient (Wildman–Crippen LogP) is 5.30. The van der Waals surface area contributed by atoms with E-state index >= 15 is 0 Å². The van der Waals surface area contributed by atoms with Crippen molar-refractivity contribution in [2.45, 2.75) is 51.9 Å². The highest BCUT2D eigenvalue weighted by molar-refractivity contribution is 5.83. The number of hydrogen-bond acceptors (Lipinski definition) is 4. The molecule has 0 radical (unpaired) electrons. The van der Waals surface area contributed by atoms with E-state index in [2.05, 4.69) is 58.3 Å². The number of carbonyl (C=O) groups is 1. The Morgan fingerprint density at radius 2 is 2.09 bits per heavy atom. The molecule has 1 unspecified atom stereocenters. The minimum Gasteiger partial charge on any atom is -0.369 e. The van der Waals surface area contributed by atoms with Gasteiger partial charge in [0.1, 0.15) is 0 Å².